The van der Waals surface area contributed by atoms with Crippen LogP contribution in [0.4, 0.5) is 11.6 Å². The van der Waals surface area contributed by atoms with Crippen molar-refractivity contribution in [1.82, 2.24) is 15.1 Å². The first-order valence-electron chi connectivity index (χ1n) is 7.88. The number of aromatic nitrogens is 3. The highest BCUT2D eigenvalue weighted by Crippen LogP contribution is 2.41. The lowest BCUT2D eigenvalue weighted by atomic mass is 10.0. The van der Waals surface area contributed by atoms with E-state index in [9.17, 15) is 0 Å². The van der Waals surface area contributed by atoms with Crippen molar-refractivity contribution in [2.75, 3.05) is 5.32 Å². The fourth-order valence-electron chi connectivity index (χ4n) is 2.79. The molecular formula is C18H15BrN4OS. The Balaban J connectivity index is 1.92. The van der Waals surface area contributed by atoms with Crippen molar-refractivity contribution in [2.45, 2.75) is 20.3 Å². The van der Waals surface area contributed by atoms with Gasteiger partial charge in [0.05, 0.1) is 5.39 Å². The van der Waals surface area contributed by atoms with Gasteiger partial charge in [-0.15, -0.1) is 11.3 Å². The predicted octanol–water partition coefficient (Wildman–Crippen LogP) is 5.72. The molecule has 0 radical (unpaired) electrons. The summed E-state index contributed by atoms with van der Waals surface area (Å²) in [5, 5.41) is 8.30. The largest absolute Gasteiger partial charge is 0.360 e. The average Bonchev–Trinajstić information content (AvgIpc) is 3.19. The third-order valence-corrected chi connectivity index (χ3v) is 5.66. The lowest BCUT2D eigenvalue weighted by Gasteiger charge is -2.07. The van der Waals surface area contributed by atoms with E-state index in [0.29, 0.717) is 5.82 Å². The van der Waals surface area contributed by atoms with Gasteiger partial charge in [-0.2, -0.15) is 0 Å². The maximum Gasteiger partial charge on any atom is 0.175 e. The quantitative estimate of drug-likeness (QED) is 0.462. The molecule has 0 atom stereocenters. The van der Waals surface area contributed by atoms with Crippen LogP contribution in [0.5, 0.6) is 0 Å². The summed E-state index contributed by atoms with van der Waals surface area (Å²) in [6.07, 6.45) is 2.52. The highest BCUT2D eigenvalue weighted by atomic mass is 79.9. The third kappa shape index (κ3) is 3.05. The summed E-state index contributed by atoms with van der Waals surface area (Å²) >= 11 is 5.21. The monoisotopic (exact) mass is 414 g/mol. The van der Waals surface area contributed by atoms with E-state index in [1.54, 1.807) is 17.7 Å². The number of nitrogens with zero attached hydrogens (tertiary/aromatic N) is 3. The Bertz CT molecular complexity index is 1040. The van der Waals surface area contributed by atoms with Gasteiger partial charge in [-0.05, 0) is 31.0 Å². The van der Waals surface area contributed by atoms with Gasteiger partial charge in [0.1, 0.15) is 22.7 Å². The molecule has 0 aliphatic rings. The van der Waals surface area contributed by atoms with Crippen molar-refractivity contribution in [3.8, 4) is 11.1 Å². The Morgan fingerprint density at radius 2 is 2.00 bits per heavy atom. The third-order valence-electron chi connectivity index (χ3n) is 3.89. The Morgan fingerprint density at radius 3 is 2.68 bits per heavy atom. The van der Waals surface area contributed by atoms with Crippen molar-refractivity contribution in [1.29, 1.82) is 0 Å². The normalized spacial score (nSPS) is 11.2. The summed E-state index contributed by atoms with van der Waals surface area (Å²) in [7, 11) is 0. The fourth-order valence-corrected chi connectivity index (χ4v) is 4.16. The molecule has 3 heterocycles. The second kappa shape index (κ2) is 6.57. The zero-order chi connectivity index (χ0) is 17.4. The van der Waals surface area contributed by atoms with Crippen LogP contribution < -0.4 is 5.32 Å². The molecule has 25 heavy (non-hydrogen) atoms. The first-order chi connectivity index (χ1) is 12.2. The number of nitrogens with one attached hydrogen (secondary N) is 1. The van der Waals surface area contributed by atoms with E-state index < -0.39 is 0 Å². The Hall–Kier alpha value is -2.25. The van der Waals surface area contributed by atoms with Crippen LogP contribution in [-0.4, -0.2) is 15.1 Å². The van der Waals surface area contributed by atoms with E-state index in [1.165, 1.54) is 10.4 Å². The standard InChI is InChI=1S/C18H15BrN4OS/c1-3-13-15(11-4-6-12(19)7-5-11)16-17(20-9-21-18(16)25-13)22-14-8-10(2)24-23-14/h4-9H,3H2,1-2H3,(H,20,21,22,23). The van der Waals surface area contributed by atoms with Crippen LogP contribution in [-0.2, 0) is 6.42 Å². The van der Waals surface area contributed by atoms with E-state index in [4.69, 9.17) is 4.52 Å². The topological polar surface area (TPSA) is 63.8 Å². The number of aryl methyl sites for hydroxylation is 2. The molecular weight excluding hydrogens is 400 g/mol. The van der Waals surface area contributed by atoms with Crippen molar-refractivity contribution in [3.05, 3.63) is 51.8 Å². The molecule has 5 nitrogen and oxygen atoms in total. The minimum Gasteiger partial charge on any atom is -0.360 e. The van der Waals surface area contributed by atoms with Crippen LogP contribution in [0, 0.1) is 6.92 Å². The molecule has 0 spiro atoms. The Labute approximate surface area is 157 Å². The summed E-state index contributed by atoms with van der Waals surface area (Å²) < 4.78 is 6.20. The van der Waals surface area contributed by atoms with Crippen molar-refractivity contribution < 1.29 is 4.52 Å². The lowest BCUT2D eigenvalue weighted by Crippen LogP contribution is -1.96. The van der Waals surface area contributed by atoms with Crippen LogP contribution in [0.2, 0.25) is 0 Å². The molecule has 0 bridgehead atoms. The molecule has 0 unspecified atom stereocenters. The molecule has 0 saturated heterocycles. The number of anilines is 2. The summed E-state index contributed by atoms with van der Waals surface area (Å²) in [5.74, 6) is 2.14. The van der Waals surface area contributed by atoms with Crippen molar-refractivity contribution in [3.63, 3.8) is 0 Å². The first-order valence-corrected chi connectivity index (χ1v) is 9.49. The van der Waals surface area contributed by atoms with Crippen LogP contribution in [0.3, 0.4) is 0 Å². The maximum absolute atomic E-state index is 5.14. The zero-order valence-corrected chi connectivity index (χ0v) is 16.1. The van der Waals surface area contributed by atoms with Gasteiger partial charge in [0.15, 0.2) is 5.82 Å². The van der Waals surface area contributed by atoms with Crippen LogP contribution in [0.25, 0.3) is 21.3 Å². The van der Waals surface area contributed by atoms with Crippen molar-refractivity contribution >= 4 is 49.1 Å². The Morgan fingerprint density at radius 1 is 1.20 bits per heavy atom. The minimum atomic E-state index is 0.642. The average molecular weight is 415 g/mol. The van der Waals surface area contributed by atoms with E-state index in [-0.39, 0.29) is 0 Å². The fraction of sp³-hybridized carbons (Fsp3) is 0.167. The molecule has 0 aliphatic heterocycles. The molecule has 0 aliphatic carbocycles. The van der Waals surface area contributed by atoms with Crippen LogP contribution in [0.1, 0.15) is 17.6 Å². The lowest BCUT2D eigenvalue weighted by molar-refractivity contribution is 0.400. The van der Waals surface area contributed by atoms with Gasteiger partial charge in [0.25, 0.3) is 0 Å². The van der Waals surface area contributed by atoms with Crippen LogP contribution in [0.15, 0.2) is 45.7 Å². The van der Waals surface area contributed by atoms with E-state index in [0.717, 1.165) is 38.3 Å². The number of halogens is 1. The molecule has 3 aromatic heterocycles. The van der Waals surface area contributed by atoms with Crippen molar-refractivity contribution in [2.24, 2.45) is 0 Å². The Kier molecular flexibility index (Phi) is 4.27. The second-order valence-corrected chi connectivity index (χ2v) is 7.61. The zero-order valence-electron chi connectivity index (χ0n) is 13.7. The van der Waals surface area contributed by atoms with E-state index >= 15 is 0 Å². The van der Waals surface area contributed by atoms with E-state index in [1.807, 2.05) is 13.0 Å². The maximum atomic E-state index is 5.14. The van der Waals surface area contributed by atoms with Gasteiger partial charge < -0.3 is 9.84 Å². The molecule has 1 aromatic carbocycles. The number of hydrogen-bond donors (Lipinski definition) is 1. The van der Waals surface area contributed by atoms with Gasteiger partial charge in [0, 0.05) is 21.0 Å². The molecule has 7 heteroatoms. The van der Waals surface area contributed by atoms with Crippen LogP contribution >= 0.6 is 27.3 Å². The molecule has 0 saturated carbocycles. The molecule has 0 amide bonds. The molecule has 0 fully saturated rings. The van der Waals surface area contributed by atoms with Gasteiger partial charge >= 0.3 is 0 Å². The molecule has 1 N–H and O–H groups in total. The number of hydrogen-bond acceptors (Lipinski definition) is 6. The number of benzene rings is 1. The SMILES string of the molecule is CCc1sc2ncnc(Nc3cc(C)on3)c2c1-c1ccc(Br)cc1. The second-order valence-electron chi connectivity index (χ2n) is 5.61. The predicted molar refractivity (Wildman–Crippen MR) is 104 cm³/mol. The molecule has 4 aromatic rings. The number of thiophene rings is 1. The summed E-state index contributed by atoms with van der Waals surface area (Å²) in [6, 6.07) is 10.2. The smallest absolute Gasteiger partial charge is 0.175 e. The summed E-state index contributed by atoms with van der Waals surface area (Å²) in [4.78, 5) is 11.2. The molecule has 4 rings (SSSR count). The van der Waals surface area contributed by atoms with Gasteiger partial charge in [0.2, 0.25) is 0 Å². The number of rotatable bonds is 4. The summed E-state index contributed by atoms with van der Waals surface area (Å²) in [6.45, 7) is 4.02. The van der Waals surface area contributed by atoms with E-state index in [2.05, 4.69) is 67.6 Å². The highest BCUT2D eigenvalue weighted by molar-refractivity contribution is 9.10. The number of fused-ring (bicyclic) bond motifs is 1. The van der Waals surface area contributed by atoms with Gasteiger partial charge in [-0.25, -0.2) is 9.97 Å². The van der Waals surface area contributed by atoms with Gasteiger partial charge in [-0.1, -0.05) is 40.1 Å². The minimum absolute atomic E-state index is 0.642. The molecule has 126 valence electrons. The summed E-state index contributed by atoms with van der Waals surface area (Å²) in [5.41, 5.74) is 2.33. The van der Waals surface area contributed by atoms with Gasteiger partial charge in [-0.3, -0.25) is 0 Å². The highest BCUT2D eigenvalue weighted by Gasteiger charge is 2.18. The first kappa shape index (κ1) is 16.2.